The summed E-state index contributed by atoms with van der Waals surface area (Å²) in [6.07, 6.45) is 8.39. The van der Waals surface area contributed by atoms with Crippen molar-refractivity contribution < 1.29 is 32.8 Å². The fraction of sp³-hybridized carbons (Fsp3) is 0.373. The number of piperidine rings is 2. The standard InChI is InChI=1S/C26H23N5O3.C25H21N5O4/c27-14-26(19-12-28-13-20(19)26)24-6-2-16(11-29-24)15-1-4-21-17(9-15)10-22-23(34-25(32)31(21)22)5-3-18-7-8-33-30-18;26-13-25(17-10-27-11-18(17)25)22-4-2-15(9-28-22)14-1-3-19-16(7-14)8-20-21(34-24(31)30(19)20)12-32-23-5-6-33-29-23/h1-2,4,6-9,11,19-20,22-23,28H,3,5,10,12-13H2;1-7,9,17-18,20-21,27H,8,10-12H2/t19-,20+,22-,23-,26?;17-,18+,20-,21-,25?/m00/s1. The van der Waals surface area contributed by atoms with Crippen molar-refractivity contribution >= 4 is 23.6 Å². The highest BCUT2D eigenvalue weighted by Gasteiger charge is 2.70. The molecule has 2 aliphatic carbocycles. The molecule has 6 aromatic rings. The van der Waals surface area contributed by atoms with Crippen LogP contribution in [0.1, 0.15) is 34.6 Å². The number of aryl methyl sites for hydroxylation is 1. The lowest BCUT2D eigenvalue weighted by molar-refractivity contribution is 0.0886. The number of rotatable bonds is 10. The SMILES string of the molecule is N#CC1(c2ccc(-c3ccc4c(c3)C[C@H]3[C@H](CCc5ccon5)OC(=O)N43)cn2)[C@@H]2CNC[C@@H]21.N#CC1(c2ccc(-c3ccc4c(c3)C[C@H]3[C@H](COc5ccon5)OC(=O)N43)cn2)[C@@H]2CNC[C@@H]21. The Morgan fingerprint density at radius 3 is 1.65 bits per heavy atom. The molecular weight excluding hydrogens is 865 g/mol. The van der Waals surface area contributed by atoms with E-state index in [1.807, 2.05) is 60.9 Å². The molecule has 340 valence electrons. The van der Waals surface area contributed by atoms with Crippen LogP contribution in [-0.4, -0.2) is 89.5 Å². The van der Waals surface area contributed by atoms with Crippen LogP contribution in [-0.2, 0) is 39.6 Å². The summed E-state index contributed by atoms with van der Waals surface area (Å²) in [5.74, 6) is 1.85. The Morgan fingerprint density at radius 1 is 0.647 bits per heavy atom. The van der Waals surface area contributed by atoms with Crippen molar-refractivity contribution in [2.75, 3.05) is 42.6 Å². The van der Waals surface area contributed by atoms with E-state index in [0.29, 0.717) is 48.8 Å². The van der Waals surface area contributed by atoms with E-state index >= 15 is 0 Å². The number of anilines is 2. The van der Waals surface area contributed by atoms with Gasteiger partial charge in [-0.15, -0.1) is 0 Å². The quantitative estimate of drug-likeness (QED) is 0.163. The number of aromatic nitrogens is 4. The number of nitrogens with zero attached hydrogens (tertiary/aromatic N) is 8. The van der Waals surface area contributed by atoms with E-state index < -0.39 is 16.9 Å². The number of benzene rings is 2. The van der Waals surface area contributed by atoms with Crippen molar-refractivity contribution in [3.05, 3.63) is 126 Å². The first-order chi connectivity index (χ1) is 33.4. The van der Waals surface area contributed by atoms with E-state index in [4.69, 9.17) is 33.2 Å². The average molecular weight is 909 g/mol. The molecule has 4 aromatic heterocycles. The molecule has 2 aromatic carbocycles. The van der Waals surface area contributed by atoms with Gasteiger partial charge < -0.3 is 33.9 Å². The van der Waals surface area contributed by atoms with E-state index in [2.05, 4.69) is 51.3 Å². The first kappa shape index (κ1) is 40.7. The smallest absolute Gasteiger partial charge is 0.415 e. The summed E-state index contributed by atoms with van der Waals surface area (Å²) in [5, 5.41) is 34.1. The number of carbonyl (C=O) groups excluding carboxylic acids is 2. The summed E-state index contributed by atoms with van der Waals surface area (Å²) in [6, 6.07) is 28.8. The topological polar surface area (TPSA) is 218 Å². The van der Waals surface area contributed by atoms with Gasteiger partial charge in [-0.2, -0.15) is 10.5 Å². The van der Waals surface area contributed by atoms with E-state index in [9.17, 15) is 20.1 Å². The molecule has 14 rings (SSSR count). The minimum Gasteiger partial charge on any atom is -0.471 e. The summed E-state index contributed by atoms with van der Waals surface area (Å²) in [7, 11) is 0. The monoisotopic (exact) mass is 908 g/mol. The number of fused-ring (bicyclic) bond motifs is 8. The molecular formula is C51H44N10O7. The molecule has 68 heavy (non-hydrogen) atoms. The number of nitrogens with one attached hydrogen (secondary N) is 2. The molecule has 2 unspecified atom stereocenters. The van der Waals surface area contributed by atoms with Gasteiger partial charge in [-0.05, 0) is 89.5 Å². The third-order valence-corrected chi connectivity index (χ3v) is 15.9. The largest absolute Gasteiger partial charge is 0.471 e. The molecule has 4 saturated heterocycles. The molecule has 10 heterocycles. The number of cyclic esters (lactones) is 2. The highest BCUT2D eigenvalue weighted by molar-refractivity contribution is 5.95. The van der Waals surface area contributed by atoms with E-state index in [0.717, 1.165) is 94.4 Å². The molecule has 2 saturated carbocycles. The van der Waals surface area contributed by atoms with Crippen LogP contribution in [0.25, 0.3) is 22.3 Å². The Balaban J connectivity index is 0.000000134. The Labute approximate surface area is 390 Å². The first-order valence-electron chi connectivity index (χ1n) is 23.2. The zero-order valence-corrected chi connectivity index (χ0v) is 36.7. The van der Waals surface area contributed by atoms with Gasteiger partial charge in [-0.25, -0.2) is 9.59 Å². The Bertz CT molecular complexity index is 2810. The molecule has 0 bridgehead atoms. The average Bonchev–Trinajstić information content (AvgIpc) is 4.16. The van der Waals surface area contributed by atoms with Crippen LogP contribution >= 0.6 is 0 Å². The van der Waals surface area contributed by atoms with Crippen LogP contribution in [0.3, 0.4) is 0 Å². The maximum absolute atomic E-state index is 12.6. The minimum absolute atomic E-state index is 0.00326. The van der Waals surface area contributed by atoms with Crippen molar-refractivity contribution in [2.45, 2.75) is 60.8 Å². The normalized spacial score (nSPS) is 30.4. The van der Waals surface area contributed by atoms with Crippen LogP contribution < -0.4 is 25.2 Å². The maximum Gasteiger partial charge on any atom is 0.415 e. The van der Waals surface area contributed by atoms with Gasteiger partial charge in [0.1, 0.15) is 36.1 Å². The highest BCUT2D eigenvalue weighted by atomic mass is 16.6. The molecule has 17 nitrogen and oxygen atoms in total. The van der Waals surface area contributed by atoms with Crippen LogP contribution in [0.15, 0.2) is 107 Å². The lowest BCUT2D eigenvalue weighted by Crippen LogP contribution is -2.36. The van der Waals surface area contributed by atoms with Crippen molar-refractivity contribution in [2.24, 2.45) is 23.7 Å². The Kier molecular flexibility index (Phi) is 9.26. The first-order valence-corrected chi connectivity index (χ1v) is 23.2. The third-order valence-electron chi connectivity index (χ3n) is 15.9. The molecule has 2 N–H and O–H groups in total. The van der Waals surface area contributed by atoms with Crippen molar-refractivity contribution in [1.29, 1.82) is 10.5 Å². The van der Waals surface area contributed by atoms with Crippen LogP contribution in [0.2, 0.25) is 0 Å². The second kappa shape index (κ2) is 15.5. The van der Waals surface area contributed by atoms with Gasteiger partial charge in [0, 0.05) is 85.5 Å². The number of hydrogen-bond acceptors (Lipinski definition) is 15. The number of carbonyl (C=O) groups is 2. The van der Waals surface area contributed by atoms with Crippen LogP contribution in [0.4, 0.5) is 21.0 Å². The van der Waals surface area contributed by atoms with Gasteiger partial charge in [-0.1, -0.05) is 29.4 Å². The number of pyridine rings is 2. The lowest BCUT2D eigenvalue weighted by atomic mass is 9.95. The summed E-state index contributed by atoms with van der Waals surface area (Å²) >= 11 is 0. The molecule has 17 heteroatoms. The molecule has 6 fully saturated rings. The number of nitriles is 2. The lowest BCUT2D eigenvalue weighted by Gasteiger charge is -2.16. The number of hydrogen-bond donors (Lipinski definition) is 2. The zero-order chi connectivity index (χ0) is 45.7. The second-order valence-corrected chi connectivity index (χ2v) is 19.1. The van der Waals surface area contributed by atoms with Gasteiger partial charge in [0.05, 0.1) is 52.7 Å². The van der Waals surface area contributed by atoms with E-state index in [1.165, 1.54) is 6.26 Å². The van der Waals surface area contributed by atoms with Gasteiger partial charge in [0.2, 0.25) is 0 Å². The van der Waals surface area contributed by atoms with Crippen molar-refractivity contribution in [3.8, 4) is 40.3 Å². The highest BCUT2D eigenvalue weighted by Crippen LogP contribution is 2.61. The second-order valence-electron chi connectivity index (χ2n) is 19.1. The van der Waals surface area contributed by atoms with Gasteiger partial charge in [0.25, 0.3) is 5.88 Å². The molecule has 8 aliphatic rings. The Hall–Kier alpha value is -7.60. The summed E-state index contributed by atoms with van der Waals surface area (Å²) in [5.41, 5.74) is 9.90. The molecule has 10 atom stereocenters. The van der Waals surface area contributed by atoms with E-state index in [1.54, 1.807) is 22.1 Å². The number of amides is 2. The predicted molar refractivity (Wildman–Crippen MR) is 241 cm³/mol. The Morgan fingerprint density at radius 2 is 1.16 bits per heavy atom. The third kappa shape index (κ3) is 6.18. The fourth-order valence-electron chi connectivity index (χ4n) is 12.3. The number of ether oxygens (including phenoxy) is 3. The van der Waals surface area contributed by atoms with Crippen molar-refractivity contribution in [1.82, 2.24) is 30.9 Å². The van der Waals surface area contributed by atoms with Gasteiger partial charge >= 0.3 is 12.2 Å². The van der Waals surface area contributed by atoms with Gasteiger partial charge in [0.15, 0.2) is 6.10 Å². The zero-order valence-electron chi connectivity index (χ0n) is 36.7. The summed E-state index contributed by atoms with van der Waals surface area (Å²) in [6.45, 7) is 3.77. The van der Waals surface area contributed by atoms with Crippen molar-refractivity contribution in [3.63, 3.8) is 0 Å². The van der Waals surface area contributed by atoms with Crippen LogP contribution in [0.5, 0.6) is 5.88 Å². The fourth-order valence-corrected chi connectivity index (χ4v) is 12.3. The maximum atomic E-state index is 12.6. The molecule has 0 spiro atoms. The summed E-state index contributed by atoms with van der Waals surface area (Å²) in [4.78, 5) is 38.1. The molecule has 0 radical (unpaired) electrons. The minimum atomic E-state index is -0.435. The van der Waals surface area contributed by atoms with Crippen LogP contribution in [0, 0.1) is 46.3 Å². The van der Waals surface area contributed by atoms with E-state index in [-0.39, 0.29) is 37.0 Å². The van der Waals surface area contributed by atoms with Gasteiger partial charge in [-0.3, -0.25) is 19.8 Å². The summed E-state index contributed by atoms with van der Waals surface area (Å²) < 4.78 is 26.5. The molecule has 2 amide bonds. The predicted octanol–water partition coefficient (Wildman–Crippen LogP) is 5.91. The molecule has 6 aliphatic heterocycles.